The van der Waals surface area contributed by atoms with Crippen LogP contribution in [0.4, 0.5) is 20.4 Å². The van der Waals surface area contributed by atoms with Crippen molar-refractivity contribution in [2.75, 3.05) is 5.32 Å². The monoisotopic (exact) mass is 265 g/mol. The van der Waals surface area contributed by atoms with Crippen molar-refractivity contribution in [3.05, 3.63) is 41.7 Å². The number of aromatic nitrogens is 2. The maximum Gasteiger partial charge on any atom is 0.207 e. The van der Waals surface area contributed by atoms with E-state index in [1.165, 1.54) is 12.1 Å². The molecule has 0 bridgehead atoms. The van der Waals surface area contributed by atoms with Crippen LogP contribution < -0.4 is 5.32 Å². The molecule has 1 aromatic carbocycles. The fourth-order valence-corrected chi connectivity index (χ4v) is 1.86. The van der Waals surface area contributed by atoms with E-state index in [9.17, 15) is 8.78 Å². The van der Waals surface area contributed by atoms with Gasteiger partial charge in [-0.05, 0) is 24.5 Å². The van der Waals surface area contributed by atoms with E-state index in [4.69, 9.17) is 0 Å². The van der Waals surface area contributed by atoms with Crippen LogP contribution in [-0.4, -0.2) is 9.55 Å². The summed E-state index contributed by atoms with van der Waals surface area (Å²) in [7, 11) is 0. The number of halogens is 2. The lowest BCUT2D eigenvalue weighted by Gasteiger charge is -2.13. The van der Waals surface area contributed by atoms with Gasteiger partial charge in [0.25, 0.3) is 0 Å². The van der Waals surface area contributed by atoms with Gasteiger partial charge in [0.15, 0.2) is 5.82 Å². The van der Waals surface area contributed by atoms with Crippen molar-refractivity contribution in [2.24, 2.45) is 5.92 Å². The molecule has 0 saturated heterocycles. The minimum atomic E-state index is -0.623. The molecule has 1 aromatic heterocycles. The van der Waals surface area contributed by atoms with Crippen LogP contribution in [0.5, 0.6) is 0 Å². The molecule has 5 heteroatoms. The number of imidazole rings is 1. The maximum absolute atomic E-state index is 13.9. The highest BCUT2D eigenvalue weighted by atomic mass is 19.1. The third kappa shape index (κ3) is 2.92. The summed E-state index contributed by atoms with van der Waals surface area (Å²) in [6, 6.07) is 2.66. The van der Waals surface area contributed by atoms with Gasteiger partial charge in [-0.1, -0.05) is 19.9 Å². The van der Waals surface area contributed by atoms with E-state index in [2.05, 4.69) is 24.1 Å². The minimum Gasteiger partial charge on any atom is -0.321 e. The lowest BCUT2D eigenvalue weighted by atomic mass is 10.2. The molecule has 2 rings (SSSR count). The van der Waals surface area contributed by atoms with E-state index >= 15 is 0 Å². The second kappa shape index (κ2) is 5.38. The van der Waals surface area contributed by atoms with Crippen LogP contribution in [0.15, 0.2) is 24.5 Å². The van der Waals surface area contributed by atoms with Crippen LogP contribution in [0, 0.1) is 24.5 Å². The highest BCUT2D eigenvalue weighted by molar-refractivity contribution is 5.57. The van der Waals surface area contributed by atoms with Crippen molar-refractivity contribution in [1.82, 2.24) is 9.55 Å². The second-order valence-corrected chi connectivity index (χ2v) is 4.98. The molecule has 3 nitrogen and oxygen atoms in total. The third-order valence-corrected chi connectivity index (χ3v) is 2.80. The van der Waals surface area contributed by atoms with E-state index in [1.54, 1.807) is 19.3 Å². The van der Waals surface area contributed by atoms with Crippen LogP contribution in [-0.2, 0) is 6.54 Å². The summed E-state index contributed by atoms with van der Waals surface area (Å²) < 4.78 is 29.4. The summed E-state index contributed by atoms with van der Waals surface area (Å²) in [5.41, 5.74) is 0.238. The molecule has 1 heterocycles. The van der Waals surface area contributed by atoms with Crippen molar-refractivity contribution in [3.63, 3.8) is 0 Å². The zero-order chi connectivity index (χ0) is 14.0. The molecule has 0 aliphatic heterocycles. The van der Waals surface area contributed by atoms with Gasteiger partial charge >= 0.3 is 0 Å². The quantitative estimate of drug-likeness (QED) is 0.909. The van der Waals surface area contributed by atoms with E-state index in [0.717, 1.165) is 6.54 Å². The Labute approximate surface area is 111 Å². The van der Waals surface area contributed by atoms with Crippen LogP contribution in [0.2, 0.25) is 0 Å². The summed E-state index contributed by atoms with van der Waals surface area (Å²) in [5.74, 6) is -0.347. The molecule has 0 atom stereocenters. The maximum atomic E-state index is 13.9. The molecule has 0 aliphatic rings. The average Bonchev–Trinajstić information content (AvgIpc) is 2.76. The first-order valence-corrected chi connectivity index (χ1v) is 6.21. The van der Waals surface area contributed by atoms with Gasteiger partial charge in [-0.3, -0.25) is 0 Å². The smallest absolute Gasteiger partial charge is 0.207 e. The van der Waals surface area contributed by atoms with E-state index in [-0.39, 0.29) is 5.69 Å². The summed E-state index contributed by atoms with van der Waals surface area (Å²) in [6.07, 6.45) is 3.39. The lowest BCUT2D eigenvalue weighted by Crippen LogP contribution is -2.09. The molecule has 0 radical (unpaired) electrons. The normalized spacial score (nSPS) is 11.1. The zero-order valence-corrected chi connectivity index (χ0v) is 11.2. The van der Waals surface area contributed by atoms with Gasteiger partial charge < -0.3 is 9.88 Å². The van der Waals surface area contributed by atoms with Gasteiger partial charge in [0, 0.05) is 18.9 Å². The van der Waals surface area contributed by atoms with E-state index in [0.29, 0.717) is 17.4 Å². The molecule has 2 aromatic rings. The fourth-order valence-electron chi connectivity index (χ4n) is 1.86. The highest BCUT2D eigenvalue weighted by Crippen LogP contribution is 2.25. The molecule has 102 valence electrons. The number of hydrogen-bond acceptors (Lipinski definition) is 2. The van der Waals surface area contributed by atoms with Crippen LogP contribution in [0.1, 0.15) is 19.4 Å². The summed E-state index contributed by atoms with van der Waals surface area (Å²) in [5, 5.41) is 2.74. The Morgan fingerprint density at radius 3 is 2.74 bits per heavy atom. The number of nitrogens with one attached hydrogen (secondary N) is 1. The van der Waals surface area contributed by atoms with E-state index in [1.807, 2.05) is 4.57 Å². The van der Waals surface area contributed by atoms with Crippen LogP contribution in [0.25, 0.3) is 0 Å². The number of nitrogens with zero attached hydrogens (tertiary/aromatic N) is 2. The van der Waals surface area contributed by atoms with Crippen molar-refractivity contribution in [3.8, 4) is 0 Å². The standard InChI is InChI=1S/C14H17F2N3/c1-9(2)8-19-7-6-17-14(19)18-13-11(15)5-4-10(3)12(13)16/h4-7,9H,8H2,1-3H3,(H,17,18). The number of rotatable bonds is 4. The second-order valence-electron chi connectivity index (χ2n) is 4.98. The van der Waals surface area contributed by atoms with Crippen molar-refractivity contribution in [1.29, 1.82) is 0 Å². The first kappa shape index (κ1) is 13.5. The Hall–Kier alpha value is -1.91. The number of aryl methyl sites for hydroxylation is 1. The molecule has 19 heavy (non-hydrogen) atoms. The predicted octanol–water partition coefficient (Wildman–Crippen LogP) is 3.87. The molecule has 0 spiro atoms. The topological polar surface area (TPSA) is 29.9 Å². The van der Waals surface area contributed by atoms with Gasteiger partial charge in [-0.2, -0.15) is 0 Å². The third-order valence-electron chi connectivity index (χ3n) is 2.80. The van der Waals surface area contributed by atoms with Gasteiger partial charge in [-0.25, -0.2) is 13.8 Å². The first-order chi connectivity index (χ1) is 8.99. The number of hydrogen-bond donors (Lipinski definition) is 1. The Morgan fingerprint density at radius 1 is 1.32 bits per heavy atom. The van der Waals surface area contributed by atoms with Crippen molar-refractivity contribution >= 4 is 11.6 Å². The van der Waals surface area contributed by atoms with Gasteiger partial charge in [-0.15, -0.1) is 0 Å². The average molecular weight is 265 g/mol. The van der Waals surface area contributed by atoms with Crippen LogP contribution >= 0.6 is 0 Å². The fraction of sp³-hybridized carbons (Fsp3) is 0.357. The van der Waals surface area contributed by atoms with E-state index < -0.39 is 11.6 Å². The summed E-state index contributed by atoms with van der Waals surface area (Å²) in [4.78, 5) is 4.09. The summed E-state index contributed by atoms with van der Waals surface area (Å²) in [6.45, 7) is 6.47. The molecular formula is C14H17F2N3. The molecule has 1 N–H and O–H groups in total. The van der Waals surface area contributed by atoms with Crippen molar-refractivity contribution < 1.29 is 8.78 Å². The number of benzene rings is 1. The molecule has 0 fully saturated rings. The molecule has 0 aliphatic carbocycles. The Kier molecular flexibility index (Phi) is 3.83. The van der Waals surface area contributed by atoms with Gasteiger partial charge in [0.1, 0.15) is 11.5 Å². The Bertz CT molecular complexity index is 576. The predicted molar refractivity (Wildman–Crippen MR) is 71.4 cm³/mol. The first-order valence-electron chi connectivity index (χ1n) is 6.21. The Balaban J connectivity index is 2.32. The Morgan fingerprint density at radius 2 is 2.05 bits per heavy atom. The molecule has 0 unspecified atom stereocenters. The molecule has 0 saturated carbocycles. The largest absolute Gasteiger partial charge is 0.321 e. The molecular weight excluding hydrogens is 248 g/mol. The highest BCUT2D eigenvalue weighted by Gasteiger charge is 2.14. The lowest BCUT2D eigenvalue weighted by molar-refractivity contribution is 0.526. The number of anilines is 2. The SMILES string of the molecule is Cc1ccc(F)c(Nc2nccn2CC(C)C)c1F. The van der Waals surface area contributed by atoms with Gasteiger partial charge in [0.05, 0.1) is 0 Å². The minimum absolute atomic E-state index is 0.156. The van der Waals surface area contributed by atoms with Gasteiger partial charge in [0.2, 0.25) is 5.95 Å². The van der Waals surface area contributed by atoms with Crippen LogP contribution in [0.3, 0.4) is 0 Å². The zero-order valence-electron chi connectivity index (χ0n) is 11.2. The van der Waals surface area contributed by atoms with Crippen molar-refractivity contribution in [2.45, 2.75) is 27.3 Å². The summed E-state index contributed by atoms with van der Waals surface area (Å²) >= 11 is 0. The molecule has 0 amide bonds.